The van der Waals surface area contributed by atoms with Crippen molar-refractivity contribution in [2.45, 2.75) is 13.8 Å². The second-order valence-corrected chi connectivity index (χ2v) is 8.16. The van der Waals surface area contributed by atoms with Crippen molar-refractivity contribution in [2.24, 2.45) is 11.3 Å². The summed E-state index contributed by atoms with van der Waals surface area (Å²) in [6.07, 6.45) is 20.5. The molecule has 1 unspecified atom stereocenters. The Morgan fingerprint density at radius 3 is 2.45 bits per heavy atom. The Morgan fingerprint density at radius 1 is 0.828 bits per heavy atom. The van der Waals surface area contributed by atoms with Gasteiger partial charge in [-0.15, -0.1) is 0 Å². The molecule has 0 N–H and O–H groups in total. The lowest BCUT2D eigenvalue weighted by molar-refractivity contribution is 0.688. The lowest BCUT2D eigenvalue weighted by Crippen LogP contribution is -2.11. The van der Waals surface area contributed by atoms with Crippen LogP contribution in [0, 0.1) is 11.3 Å². The minimum atomic E-state index is -0.146. The summed E-state index contributed by atoms with van der Waals surface area (Å²) in [6.45, 7) is 4.51. The Bertz CT molecular complexity index is 1210. The van der Waals surface area contributed by atoms with Gasteiger partial charge in [-0.3, -0.25) is 0 Å². The Hall–Kier alpha value is -3.32. The Labute approximate surface area is 172 Å². The van der Waals surface area contributed by atoms with Crippen LogP contribution >= 0.6 is 0 Å². The average molecular weight is 376 g/mol. The molecule has 1 heteroatoms. The molecule has 0 saturated carbocycles. The fourth-order valence-corrected chi connectivity index (χ4v) is 4.30. The predicted octanol–water partition coefficient (Wildman–Crippen LogP) is 7.37. The molecule has 29 heavy (non-hydrogen) atoms. The number of aromatic nitrogens is 1. The van der Waals surface area contributed by atoms with Crippen LogP contribution in [0.4, 0.5) is 0 Å². The number of benzene rings is 2. The van der Waals surface area contributed by atoms with Crippen LogP contribution in [0.25, 0.3) is 28.7 Å². The fraction of sp³-hybridized carbons (Fsp3) is 0.143. The SMILES string of the molecule is C[C@@H]1C=CC=C(C2(C)C=Cc3c(n(-c4ccccc4)c4ccccc34)C=C2)C=C1. The number of allylic oxidation sites excluding steroid dienone is 8. The summed E-state index contributed by atoms with van der Waals surface area (Å²) in [4.78, 5) is 0. The van der Waals surface area contributed by atoms with Crippen molar-refractivity contribution < 1.29 is 0 Å². The molecule has 0 amide bonds. The standard InChI is InChI=1S/C28H25N/c1-21-9-8-10-22(16-15-21)28(2)19-17-25-24-13-6-7-14-26(24)29(27(25)18-20-28)23-11-4-3-5-12-23/h3-21H,1-2H3/t21-,28?/m1/s1. The first kappa shape index (κ1) is 17.8. The van der Waals surface area contributed by atoms with Gasteiger partial charge in [-0.05, 0) is 42.7 Å². The van der Waals surface area contributed by atoms with E-state index in [2.05, 4.69) is 128 Å². The first-order valence-electron chi connectivity index (χ1n) is 10.3. The Kier molecular flexibility index (Phi) is 4.24. The van der Waals surface area contributed by atoms with Crippen LogP contribution in [0.2, 0.25) is 0 Å². The molecule has 142 valence electrons. The van der Waals surface area contributed by atoms with Gasteiger partial charge >= 0.3 is 0 Å². The molecule has 2 aliphatic carbocycles. The van der Waals surface area contributed by atoms with E-state index < -0.39 is 0 Å². The summed E-state index contributed by atoms with van der Waals surface area (Å²) in [5, 5.41) is 1.29. The van der Waals surface area contributed by atoms with Gasteiger partial charge in [0.25, 0.3) is 0 Å². The zero-order valence-corrected chi connectivity index (χ0v) is 16.9. The normalized spacial score (nSPS) is 23.0. The third-order valence-corrected chi connectivity index (χ3v) is 6.04. The number of hydrogen-bond acceptors (Lipinski definition) is 0. The molecule has 0 radical (unpaired) electrons. The van der Waals surface area contributed by atoms with Crippen LogP contribution in [-0.4, -0.2) is 4.57 Å². The third kappa shape index (κ3) is 3.03. The zero-order chi connectivity index (χ0) is 19.8. The first-order chi connectivity index (χ1) is 14.2. The van der Waals surface area contributed by atoms with Gasteiger partial charge in [0.1, 0.15) is 0 Å². The zero-order valence-electron chi connectivity index (χ0n) is 16.9. The first-order valence-corrected chi connectivity index (χ1v) is 10.3. The Balaban J connectivity index is 1.70. The molecular weight excluding hydrogens is 350 g/mol. The summed E-state index contributed by atoms with van der Waals surface area (Å²) in [5.41, 5.74) is 6.12. The molecule has 0 aliphatic heterocycles. The van der Waals surface area contributed by atoms with E-state index in [0.29, 0.717) is 5.92 Å². The third-order valence-electron chi connectivity index (χ3n) is 6.04. The second kappa shape index (κ2) is 6.93. The molecule has 0 fully saturated rings. The molecule has 0 saturated heterocycles. The molecule has 0 bridgehead atoms. The van der Waals surface area contributed by atoms with E-state index in [1.165, 1.54) is 33.4 Å². The highest BCUT2D eigenvalue weighted by Crippen LogP contribution is 2.40. The number of rotatable bonds is 2. The number of para-hydroxylation sites is 2. The molecule has 3 aromatic rings. The van der Waals surface area contributed by atoms with Crippen LogP contribution in [0.15, 0.2) is 103 Å². The van der Waals surface area contributed by atoms with Crippen LogP contribution in [0.5, 0.6) is 0 Å². The summed E-state index contributed by atoms with van der Waals surface area (Å²) < 4.78 is 2.37. The smallest absolute Gasteiger partial charge is 0.0541 e. The quantitative estimate of drug-likeness (QED) is 0.441. The van der Waals surface area contributed by atoms with E-state index in [9.17, 15) is 0 Å². The highest BCUT2D eigenvalue weighted by molar-refractivity contribution is 5.96. The molecule has 1 heterocycles. The number of hydrogen-bond donors (Lipinski definition) is 0. The molecule has 1 nitrogen and oxygen atoms in total. The average Bonchev–Trinajstić information content (AvgIpc) is 2.86. The highest BCUT2D eigenvalue weighted by atomic mass is 15.0. The van der Waals surface area contributed by atoms with Gasteiger partial charge in [-0.25, -0.2) is 0 Å². The lowest BCUT2D eigenvalue weighted by atomic mass is 9.81. The van der Waals surface area contributed by atoms with E-state index in [-0.39, 0.29) is 5.41 Å². The molecule has 2 atom stereocenters. The summed E-state index contributed by atoms with van der Waals surface area (Å²) in [7, 11) is 0. The largest absolute Gasteiger partial charge is 0.309 e. The van der Waals surface area contributed by atoms with E-state index >= 15 is 0 Å². The summed E-state index contributed by atoms with van der Waals surface area (Å²) >= 11 is 0. The second-order valence-electron chi connectivity index (χ2n) is 8.16. The summed E-state index contributed by atoms with van der Waals surface area (Å²) in [6, 6.07) is 19.3. The molecule has 2 aromatic carbocycles. The van der Waals surface area contributed by atoms with Gasteiger partial charge in [0.2, 0.25) is 0 Å². The Morgan fingerprint density at radius 2 is 1.59 bits per heavy atom. The lowest BCUT2D eigenvalue weighted by Gasteiger charge is -2.23. The van der Waals surface area contributed by atoms with Crippen molar-refractivity contribution in [2.75, 3.05) is 0 Å². The topological polar surface area (TPSA) is 4.93 Å². The number of fused-ring (bicyclic) bond motifs is 3. The molecular formula is C28H25N. The van der Waals surface area contributed by atoms with E-state index in [0.717, 1.165) is 0 Å². The number of nitrogens with zero attached hydrogens (tertiary/aromatic N) is 1. The van der Waals surface area contributed by atoms with Crippen LogP contribution < -0.4 is 0 Å². The highest BCUT2D eigenvalue weighted by Gasteiger charge is 2.25. The van der Waals surface area contributed by atoms with Crippen molar-refractivity contribution in [3.8, 4) is 5.69 Å². The van der Waals surface area contributed by atoms with Crippen molar-refractivity contribution in [3.63, 3.8) is 0 Å². The predicted molar refractivity (Wildman–Crippen MR) is 125 cm³/mol. The van der Waals surface area contributed by atoms with Crippen LogP contribution in [0.1, 0.15) is 25.1 Å². The van der Waals surface area contributed by atoms with Crippen molar-refractivity contribution >= 4 is 23.1 Å². The van der Waals surface area contributed by atoms with Crippen LogP contribution in [0.3, 0.4) is 0 Å². The molecule has 0 spiro atoms. The van der Waals surface area contributed by atoms with E-state index in [4.69, 9.17) is 0 Å². The van der Waals surface area contributed by atoms with Crippen molar-refractivity contribution in [3.05, 3.63) is 114 Å². The van der Waals surface area contributed by atoms with Gasteiger partial charge < -0.3 is 4.57 Å². The minimum Gasteiger partial charge on any atom is -0.309 e. The molecule has 5 rings (SSSR count). The fourth-order valence-electron chi connectivity index (χ4n) is 4.30. The van der Waals surface area contributed by atoms with Gasteiger partial charge in [0, 0.05) is 22.1 Å². The van der Waals surface area contributed by atoms with Gasteiger partial charge in [-0.2, -0.15) is 0 Å². The summed E-state index contributed by atoms with van der Waals surface area (Å²) in [5.74, 6) is 0.467. The minimum absolute atomic E-state index is 0.146. The van der Waals surface area contributed by atoms with Crippen molar-refractivity contribution in [1.82, 2.24) is 4.57 Å². The molecule has 2 aliphatic rings. The van der Waals surface area contributed by atoms with E-state index in [1.54, 1.807) is 0 Å². The van der Waals surface area contributed by atoms with Gasteiger partial charge in [0.15, 0.2) is 0 Å². The maximum absolute atomic E-state index is 2.37. The maximum atomic E-state index is 2.37. The monoisotopic (exact) mass is 375 g/mol. The van der Waals surface area contributed by atoms with Crippen molar-refractivity contribution in [1.29, 1.82) is 0 Å². The van der Waals surface area contributed by atoms with Crippen LogP contribution in [-0.2, 0) is 0 Å². The van der Waals surface area contributed by atoms with E-state index in [1.807, 2.05) is 0 Å². The maximum Gasteiger partial charge on any atom is 0.0541 e. The molecule has 1 aromatic heterocycles. The van der Waals surface area contributed by atoms with Gasteiger partial charge in [-0.1, -0.05) is 91.9 Å². The van der Waals surface area contributed by atoms with Gasteiger partial charge in [0.05, 0.1) is 11.2 Å².